The molecule has 0 saturated carbocycles. The van der Waals surface area contributed by atoms with Gasteiger partial charge in [-0.25, -0.2) is 4.79 Å². The average molecular weight is 290 g/mol. The minimum Gasteiger partial charge on any atom is -0.457 e. The Morgan fingerprint density at radius 2 is 1.95 bits per heavy atom. The van der Waals surface area contributed by atoms with Crippen molar-refractivity contribution in [2.24, 2.45) is 0 Å². The fourth-order valence-corrected chi connectivity index (χ4v) is 2.01. The van der Waals surface area contributed by atoms with Crippen molar-refractivity contribution < 1.29 is 9.53 Å². The molecule has 0 aliphatic carbocycles. The van der Waals surface area contributed by atoms with Crippen LogP contribution < -0.4 is 5.73 Å². The van der Waals surface area contributed by atoms with Gasteiger partial charge in [-0.1, -0.05) is 35.9 Å². The second kappa shape index (κ2) is 5.97. The van der Waals surface area contributed by atoms with Gasteiger partial charge in [-0.15, -0.1) is 0 Å². The van der Waals surface area contributed by atoms with E-state index in [1.54, 1.807) is 18.2 Å². The van der Waals surface area contributed by atoms with Crippen molar-refractivity contribution in [3.8, 4) is 0 Å². The van der Waals surface area contributed by atoms with Crippen LogP contribution in [0.2, 0.25) is 5.02 Å². The van der Waals surface area contributed by atoms with Crippen molar-refractivity contribution in [3.63, 3.8) is 0 Å². The van der Waals surface area contributed by atoms with E-state index < -0.39 is 5.97 Å². The lowest BCUT2D eigenvalue weighted by atomic mass is 10.1. The number of ether oxygens (including phenoxy) is 1. The molecule has 0 radical (unpaired) electrons. The molecular weight excluding hydrogens is 274 g/mol. The Hall–Kier alpha value is -2.00. The standard InChI is InChI=1S/C16H16ClNO2/c1-10-6-7-12(8-11(10)2)9-20-16(19)13-4-3-5-14(17)15(13)18/h3-8H,9,18H2,1-2H3. The normalized spacial score (nSPS) is 10.3. The largest absolute Gasteiger partial charge is 0.457 e. The molecule has 0 heterocycles. The predicted molar refractivity (Wildman–Crippen MR) is 80.9 cm³/mol. The summed E-state index contributed by atoms with van der Waals surface area (Å²) < 4.78 is 5.27. The van der Waals surface area contributed by atoms with Gasteiger partial charge in [0.25, 0.3) is 0 Å². The molecule has 0 unspecified atom stereocenters. The summed E-state index contributed by atoms with van der Waals surface area (Å²) in [7, 11) is 0. The Kier molecular flexibility index (Phi) is 4.30. The summed E-state index contributed by atoms with van der Waals surface area (Å²) in [6, 6.07) is 10.9. The quantitative estimate of drug-likeness (QED) is 0.689. The first-order chi connectivity index (χ1) is 9.49. The number of benzene rings is 2. The van der Waals surface area contributed by atoms with Crippen LogP contribution in [-0.2, 0) is 11.3 Å². The zero-order chi connectivity index (χ0) is 14.7. The lowest BCUT2D eigenvalue weighted by molar-refractivity contribution is 0.0474. The third-order valence-electron chi connectivity index (χ3n) is 3.21. The van der Waals surface area contributed by atoms with Crippen LogP contribution in [0.4, 0.5) is 5.69 Å². The van der Waals surface area contributed by atoms with Gasteiger partial charge in [0, 0.05) is 0 Å². The SMILES string of the molecule is Cc1ccc(COC(=O)c2cccc(Cl)c2N)cc1C. The minimum atomic E-state index is -0.469. The van der Waals surface area contributed by atoms with Crippen LogP contribution in [0, 0.1) is 13.8 Å². The van der Waals surface area contributed by atoms with Crippen molar-refractivity contribution >= 4 is 23.3 Å². The number of hydrogen-bond acceptors (Lipinski definition) is 3. The van der Waals surface area contributed by atoms with E-state index in [1.165, 1.54) is 11.1 Å². The number of para-hydroxylation sites is 1. The highest BCUT2D eigenvalue weighted by Crippen LogP contribution is 2.23. The predicted octanol–water partition coefficient (Wildman–Crippen LogP) is 3.90. The van der Waals surface area contributed by atoms with Crippen molar-refractivity contribution in [2.45, 2.75) is 20.5 Å². The fourth-order valence-electron chi connectivity index (χ4n) is 1.83. The molecule has 2 aromatic carbocycles. The molecule has 0 amide bonds. The van der Waals surface area contributed by atoms with Crippen LogP contribution in [-0.4, -0.2) is 5.97 Å². The van der Waals surface area contributed by atoms with E-state index in [4.69, 9.17) is 22.1 Å². The van der Waals surface area contributed by atoms with Gasteiger partial charge in [0.15, 0.2) is 0 Å². The fraction of sp³-hybridized carbons (Fsp3) is 0.188. The number of hydrogen-bond donors (Lipinski definition) is 1. The summed E-state index contributed by atoms with van der Waals surface area (Å²) >= 11 is 5.88. The Morgan fingerprint density at radius 1 is 1.20 bits per heavy atom. The molecule has 3 nitrogen and oxygen atoms in total. The molecule has 2 aromatic rings. The van der Waals surface area contributed by atoms with E-state index in [9.17, 15) is 4.79 Å². The molecule has 0 atom stereocenters. The van der Waals surface area contributed by atoms with E-state index >= 15 is 0 Å². The van der Waals surface area contributed by atoms with Crippen LogP contribution in [0.5, 0.6) is 0 Å². The molecule has 104 valence electrons. The van der Waals surface area contributed by atoms with Crippen LogP contribution in [0.1, 0.15) is 27.0 Å². The highest BCUT2D eigenvalue weighted by molar-refractivity contribution is 6.33. The molecule has 0 saturated heterocycles. The zero-order valence-corrected chi connectivity index (χ0v) is 12.2. The van der Waals surface area contributed by atoms with Gasteiger partial charge < -0.3 is 10.5 Å². The molecule has 0 spiro atoms. The molecule has 2 N–H and O–H groups in total. The number of anilines is 1. The highest BCUT2D eigenvalue weighted by Gasteiger charge is 2.13. The molecule has 0 bridgehead atoms. The number of halogens is 1. The van der Waals surface area contributed by atoms with Gasteiger partial charge in [-0.05, 0) is 42.7 Å². The molecule has 2 rings (SSSR count). The molecule has 4 heteroatoms. The van der Waals surface area contributed by atoms with Gasteiger partial charge in [0.1, 0.15) is 6.61 Å². The van der Waals surface area contributed by atoms with E-state index in [0.717, 1.165) is 5.56 Å². The topological polar surface area (TPSA) is 52.3 Å². The lowest BCUT2D eigenvalue weighted by Crippen LogP contribution is -2.08. The molecule has 0 aliphatic heterocycles. The van der Waals surface area contributed by atoms with Crippen molar-refractivity contribution in [3.05, 3.63) is 63.7 Å². The van der Waals surface area contributed by atoms with Gasteiger partial charge in [0.2, 0.25) is 0 Å². The van der Waals surface area contributed by atoms with E-state index in [1.807, 2.05) is 32.0 Å². The van der Waals surface area contributed by atoms with Crippen LogP contribution in [0.3, 0.4) is 0 Å². The summed E-state index contributed by atoms with van der Waals surface area (Å²) in [6.45, 7) is 4.28. The second-order valence-electron chi connectivity index (χ2n) is 4.70. The van der Waals surface area contributed by atoms with Crippen LogP contribution >= 0.6 is 11.6 Å². The van der Waals surface area contributed by atoms with E-state index in [0.29, 0.717) is 10.6 Å². The summed E-state index contributed by atoms with van der Waals surface area (Å²) in [5, 5.41) is 0.352. The average Bonchev–Trinajstić information content (AvgIpc) is 2.43. The van der Waals surface area contributed by atoms with Gasteiger partial charge in [0.05, 0.1) is 16.3 Å². The summed E-state index contributed by atoms with van der Waals surface area (Å²) in [5.74, 6) is -0.469. The molecule has 20 heavy (non-hydrogen) atoms. The van der Waals surface area contributed by atoms with E-state index in [-0.39, 0.29) is 12.3 Å². The minimum absolute atomic E-state index is 0.214. The first kappa shape index (κ1) is 14.4. The van der Waals surface area contributed by atoms with Gasteiger partial charge in [-0.2, -0.15) is 0 Å². The Labute approximate surface area is 123 Å². The third-order valence-corrected chi connectivity index (χ3v) is 3.54. The Morgan fingerprint density at radius 3 is 2.65 bits per heavy atom. The first-order valence-electron chi connectivity index (χ1n) is 6.26. The number of carbonyl (C=O) groups is 1. The number of nitrogen functional groups attached to an aromatic ring is 1. The van der Waals surface area contributed by atoms with Gasteiger partial charge >= 0.3 is 5.97 Å². The second-order valence-corrected chi connectivity index (χ2v) is 5.10. The summed E-state index contributed by atoms with van der Waals surface area (Å²) in [5.41, 5.74) is 9.63. The van der Waals surface area contributed by atoms with Crippen molar-refractivity contribution in [2.75, 3.05) is 5.73 Å². The number of carbonyl (C=O) groups excluding carboxylic acids is 1. The van der Waals surface area contributed by atoms with Crippen LogP contribution in [0.25, 0.3) is 0 Å². The number of aryl methyl sites for hydroxylation is 2. The summed E-state index contributed by atoms with van der Waals surface area (Å²) in [4.78, 5) is 12.0. The highest BCUT2D eigenvalue weighted by atomic mass is 35.5. The molecule has 0 aliphatic rings. The third kappa shape index (κ3) is 3.11. The Balaban J connectivity index is 2.08. The maximum Gasteiger partial charge on any atom is 0.340 e. The maximum absolute atomic E-state index is 12.0. The molecule has 0 aromatic heterocycles. The Bertz CT molecular complexity index is 653. The molecule has 0 fully saturated rings. The number of esters is 1. The maximum atomic E-state index is 12.0. The number of nitrogens with two attached hydrogens (primary N) is 1. The van der Waals surface area contributed by atoms with Crippen molar-refractivity contribution in [1.29, 1.82) is 0 Å². The molecular formula is C16H16ClNO2. The monoisotopic (exact) mass is 289 g/mol. The lowest BCUT2D eigenvalue weighted by Gasteiger charge is -2.09. The zero-order valence-electron chi connectivity index (χ0n) is 11.4. The first-order valence-corrected chi connectivity index (χ1v) is 6.64. The van der Waals surface area contributed by atoms with Gasteiger partial charge in [-0.3, -0.25) is 0 Å². The van der Waals surface area contributed by atoms with Crippen molar-refractivity contribution in [1.82, 2.24) is 0 Å². The number of rotatable bonds is 3. The smallest absolute Gasteiger partial charge is 0.340 e. The summed E-state index contributed by atoms with van der Waals surface area (Å²) in [6.07, 6.45) is 0. The van der Waals surface area contributed by atoms with E-state index in [2.05, 4.69) is 0 Å². The van der Waals surface area contributed by atoms with Crippen LogP contribution in [0.15, 0.2) is 36.4 Å².